The Morgan fingerprint density at radius 3 is 2.45 bits per heavy atom. The van der Waals surface area contributed by atoms with E-state index >= 15 is 0 Å². The third kappa shape index (κ3) is 3.49. The molecular formula is C16H22BrN3. The Morgan fingerprint density at radius 2 is 1.85 bits per heavy atom. The summed E-state index contributed by atoms with van der Waals surface area (Å²) in [5, 5.41) is 4.57. The molecule has 20 heavy (non-hydrogen) atoms. The molecule has 0 spiro atoms. The number of benzene rings is 1. The van der Waals surface area contributed by atoms with Crippen molar-refractivity contribution in [3.05, 3.63) is 51.8 Å². The van der Waals surface area contributed by atoms with Crippen molar-refractivity contribution in [3.8, 4) is 0 Å². The van der Waals surface area contributed by atoms with Crippen molar-refractivity contribution in [1.29, 1.82) is 0 Å². The number of aromatic nitrogens is 2. The van der Waals surface area contributed by atoms with Crippen molar-refractivity contribution in [3.63, 3.8) is 0 Å². The largest absolute Gasteiger partial charge is 0.294 e. The molecule has 3 nitrogen and oxygen atoms in total. The zero-order chi connectivity index (χ0) is 14.5. The zero-order valence-electron chi connectivity index (χ0n) is 12.4. The summed E-state index contributed by atoms with van der Waals surface area (Å²) in [6, 6.07) is 10.6. The van der Waals surface area contributed by atoms with E-state index < -0.39 is 0 Å². The lowest BCUT2D eigenvalue weighted by Crippen LogP contribution is -2.24. The van der Waals surface area contributed by atoms with Gasteiger partial charge in [0, 0.05) is 19.6 Å². The van der Waals surface area contributed by atoms with Gasteiger partial charge in [-0.2, -0.15) is 5.10 Å². The van der Waals surface area contributed by atoms with E-state index in [0.717, 1.165) is 36.3 Å². The average molecular weight is 336 g/mol. The van der Waals surface area contributed by atoms with Gasteiger partial charge in [0.1, 0.15) is 0 Å². The second kappa shape index (κ2) is 7.04. The van der Waals surface area contributed by atoms with Crippen molar-refractivity contribution < 1.29 is 0 Å². The molecule has 4 heteroatoms. The second-order valence-electron chi connectivity index (χ2n) is 4.95. The van der Waals surface area contributed by atoms with Gasteiger partial charge >= 0.3 is 0 Å². The van der Waals surface area contributed by atoms with Gasteiger partial charge in [-0.25, -0.2) is 0 Å². The van der Waals surface area contributed by atoms with Gasteiger partial charge in [-0.1, -0.05) is 37.3 Å². The zero-order valence-corrected chi connectivity index (χ0v) is 14.0. The Balaban J connectivity index is 2.14. The molecule has 0 bridgehead atoms. The highest BCUT2D eigenvalue weighted by atomic mass is 79.9. The molecule has 0 amide bonds. The van der Waals surface area contributed by atoms with Gasteiger partial charge in [-0.15, -0.1) is 0 Å². The molecule has 0 saturated carbocycles. The highest BCUT2D eigenvalue weighted by Crippen LogP contribution is 2.23. The lowest BCUT2D eigenvalue weighted by Gasteiger charge is -2.21. The molecule has 0 atom stereocenters. The summed E-state index contributed by atoms with van der Waals surface area (Å²) < 4.78 is 3.23. The molecule has 0 unspecified atom stereocenters. The van der Waals surface area contributed by atoms with E-state index in [1.165, 1.54) is 11.3 Å². The monoisotopic (exact) mass is 335 g/mol. The van der Waals surface area contributed by atoms with Crippen LogP contribution in [-0.2, 0) is 19.6 Å². The molecule has 0 radical (unpaired) electrons. The van der Waals surface area contributed by atoms with Crippen molar-refractivity contribution in [2.45, 2.75) is 40.4 Å². The van der Waals surface area contributed by atoms with Crippen LogP contribution in [0, 0.1) is 6.92 Å². The summed E-state index contributed by atoms with van der Waals surface area (Å²) in [6.07, 6.45) is 0. The molecule has 0 aliphatic carbocycles. The summed E-state index contributed by atoms with van der Waals surface area (Å²) in [4.78, 5) is 2.43. The molecule has 0 fully saturated rings. The predicted molar refractivity (Wildman–Crippen MR) is 86.6 cm³/mol. The van der Waals surface area contributed by atoms with Gasteiger partial charge in [0.15, 0.2) is 0 Å². The van der Waals surface area contributed by atoms with E-state index in [-0.39, 0.29) is 0 Å². The first-order valence-corrected chi connectivity index (χ1v) is 7.93. The van der Waals surface area contributed by atoms with E-state index in [1.807, 2.05) is 6.92 Å². The van der Waals surface area contributed by atoms with Crippen LogP contribution in [-0.4, -0.2) is 21.2 Å². The van der Waals surface area contributed by atoms with Crippen LogP contribution in [0.2, 0.25) is 0 Å². The maximum absolute atomic E-state index is 4.57. The minimum absolute atomic E-state index is 0.907. The van der Waals surface area contributed by atoms with Gasteiger partial charge in [0.25, 0.3) is 0 Å². The Kier molecular flexibility index (Phi) is 5.38. The topological polar surface area (TPSA) is 21.1 Å². The van der Waals surface area contributed by atoms with Gasteiger partial charge in [-0.05, 0) is 41.9 Å². The summed E-state index contributed by atoms with van der Waals surface area (Å²) in [7, 11) is 0. The van der Waals surface area contributed by atoms with E-state index in [2.05, 4.69) is 74.8 Å². The first kappa shape index (κ1) is 15.3. The molecule has 0 saturated heterocycles. The molecule has 0 aliphatic heterocycles. The lowest BCUT2D eigenvalue weighted by atomic mass is 10.2. The number of nitrogens with zero attached hydrogens (tertiary/aromatic N) is 3. The van der Waals surface area contributed by atoms with E-state index in [0.29, 0.717) is 0 Å². The maximum Gasteiger partial charge on any atom is 0.0739 e. The molecule has 108 valence electrons. The van der Waals surface area contributed by atoms with Crippen LogP contribution in [0.25, 0.3) is 0 Å². The first-order valence-electron chi connectivity index (χ1n) is 7.13. The molecular weight excluding hydrogens is 314 g/mol. The number of hydrogen-bond acceptors (Lipinski definition) is 2. The third-order valence-electron chi connectivity index (χ3n) is 3.52. The highest BCUT2D eigenvalue weighted by molar-refractivity contribution is 9.10. The fourth-order valence-corrected chi connectivity index (χ4v) is 2.76. The van der Waals surface area contributed by atoms with Crippen LogP contribution >= 0.6 is 15.9 Å². The number of rotatable bonds is 6. The van der Waals surface area contributed by atoms with Gasteiger partial charge in [-0.3, -0.25) is 9.58 Å². The summed E-state index contributed by atoms with van der Waals surface area (Å²) in [6.45, 7) is 10.2. The fraction of sp³-hybridized carbons (Fsp3) is 0.438. The maximum atomic E-state index is 4.57. The Bertz CT molecular complexity index is 548. The van der Waals surface area contributed by atoms with Crippen molar-refractivity contribution in [2.75, 3.05) is 6.54 Å². The number of halogens is 1. The van der Waals surface area contributed by atoms with E-state index in [9.17, 15) is 0 Å². The predicted octanol–water partition coefficient (Wildman–Crippen LogP) is 4.00. The quantitative estimate of drug-likeness (QED) is 0.795. The van der Waals surface area contributed by atoms with Crippen LogP contribution in [0.15, 0.2) is 34.8 Å². The fourth-order valence-electron chi connectivity index (χ4n) is 2.35. The SMILES string of the molecule is CCN(Cc1ccccc1)Cc1c(Br)c(C)nn1CC. The van der Waals surface area contributed by atoms with Crippen LogP contribution in [0.4, 0.5) is 0 Å². The first-order chi connectivity index (χ1) is 9.65. The molecule has 2 aromatic rings. The molecule has 1 aromatic heterocycles. The minimum Gasteiger partial charge on any atom is -0.294 e. The average Bonchev–Trinajstić information content (AvgIpc) is 2.75. The smallest absolute Gasteiger partial charge is 0.0739 e. The van der Waals surface area contributed by atoms with Crippen LogP contribution < -0.4 is 0 Å². The standard InChI is InChI=1S/C16H22BrN3/c1-4-19(11-14-9-7-6-8-10-14)12-15-16(17)13(3)18-20(15)5-2/h6-10H,4-5,11-12H2,1-3H3. The normalized spacial score (nSPS) is 11.2. The summed E-state index contributed by atoms with van der Waals surface area (Å²) in [5.41, 5.74) is 3.69. The van der Waals surface area contributed by atoms with E-state index in [1.54, 1.807) is 0 Å². The minimum atomic E-state index is 0.907. The molecule has 1 heterocycles. The number of hydrogen-bond donors (Lipinski definition) is 0. The molecule has 0 aliphatic rings. The molecule has 1 aromatic carbocycles. The Hall–Kier alpha value is -1.13. The van der Waals surface area contributed by atoms with Crippen molar-refractivity contribution in [2.24, 2.45) is 0 Å². The lowest BCUT2D eigenvalue weighted by molar-refractivity contribution is 0.262. The van der Waals surface area contributed by atoms with Crippen molar-refractivity contribution in [1.82, 2.24) is 14.7 Å². The van der Waals surface area contributed by atoms with Crippen LogP contribution in [0.3, 0.4) is 0 Å². The number of aryl methyl sites for hydroxylation is 2. The molecule has 0 N–H and O–H groups in total. The third-order valence-corrected chi connectivity index (χ3v) is 4.55. The summed E-state index contributed by atoms with van der Waals surface area (Å²) >= 11 is 3.67. The second-order valence-corrected chi connectivity index (χ2v) is 5.74. The Labute approximate surface area is 129 Å². The highest BCUT2D eigenvalue weighted by Gasteiger charge is 2.15. The van der Waals surface area contributed by atoms with Gasteiger partial charge < -0.3 is 0 Å². The Morgan fingerprint density at radius 1 is 1.15 bits per heavy atom. The van der Waals surface area contributed by atoms with Crippen LogP contribution in [0.1, 0.15) is 30.8 Å². The van der Waals surface area contributed by atoms with Gasteiger partial charge in [0.05, 0.1) is 15.9 Å². The molecule has 2 rings (SSSR count). The van der Waals surface area contributed by atoms with E-state index in [4.69, 9.17) is 0 Å². The van der Waals surface area contributed by atoms with Crippen molar-refractivity contribution >= 4 is 15.9 Å². The van der Waals surface area contributed by atoms with Gasteiger partial charge in [0.2, 0.25) is 0 Å². The summed E-state index contributed by atoms with van der Waals surface area (Å²) in [5.74, 6) is 0. The van der Waals surface area contributed by atoms with Crippen LogP contribution in [0.5, 0.6) is 0 Å².